The molecule has 1 spiro atoms. The topological polar surface area (TPSA) is 20.2 Å². The third-order valence-corrected chi connectivity index (χ3v) is 4.46. The van der Waals surface area contributed by atoms with Crippen molar-refractivity contribution in [3.63, 3.8) is 0 Å². The van der Waals surface area contributed by atoms with E-state index in [1.807, 2.05) is 6.07 Å². The summed E-state index contributed by atoms with van der Waals surface area (Å²) < 4.78 is 13.8. The standard InChI is InChI=1S/C14H17FO/c15-12-5-3-4-11-10(12)6-7-13(16)14(11)8-1-2-9-14/h3-5,13,16H,1-2,6-9H2. The van der Waals surface area contributed by atoms with E-state index in [9.17, 15) is 9.50 Å². The van der Waals surface area contributed by atoms with Crippen LogP contribution >= 0.6 is 0 Å². The molecule has 1 nitrogen and oxygen atoms in total. The molecule has 3 rings (SSSR count). The molecule has 0 radical (unpaired) electrons. The molecule has 0 bridgehead atoms. The molecule has 1 atom stereocenters. The van der Waals surface area contributed by atoms with Crippen molar-refractivity contribution in [3.8, 4) is 0 Å². The largest absolute Gasteiger partial charge is 0.392 e. The van der Waals surface area contributed by atoms with Crippen LogP contribution < -0.4 is 0 Å². The summed E-state index contributed by atoms with van der Waals surface area (Å²) in [6, 6.07) is 5.34. The zero-order valence-corrected chi connectivity index (χ0v) is 9.38. The van der Waals surface area contributed by atoms with Gasteiger partial charge in [-0.25, -0.2) is 4.39 Å². The zero-order valence-electron chi connectivity index (χ0n) is 9.38. The van der Waals surface area contributed by atoms with E-state index in [2.05, 4.69) is 0 Å². The first-order chi connectivity index (χ1) is 7.74. The number of rotatable bonds is 0. The Balaban J connectivity index is 2.17. The van der Waals surface area contributed by atoms with E-state index in [-0.39, 0.29) is 17.3 Å². The highest BCUT2D eigenvalue weighted by molar-refractivity contribution is 5.40. The van der Waals surface area contributed by atoms with Crippen LogP contribution in [0.2, 0.25) is 0 Å². The third-order valence-electron chi connectivity index (χ3n) is 4.46. The first-order valence-electron chi connectivity index (χ1n) is 6.20. The number of fused-ring (bicyclic) bond motifs is 2. The summed E-state index contributed by atoms with van der Waals surface area (Å²) >= 11 is 0. The number of halogens is 1. The third kappa shape index (κ3) is 1.26. The van der Waals surface area contributed by atoms with Gasteiger partial charge in [-0.3, -0.25) is 0 Å². The summed E-state index contributed by atoms with van der Waals surface area (Å²) in [6.07, 6.45) is 5.48. The van der Waals surface area contributed by atoms with Crippen molar-refractivity contribution < 1.29 is 9.50 Å². The Hall–Kier alpha value is -0.890. The van der Waals surface area contributed by atoms with E-state index in [1.165, 1.54) is 0 Å². The highest BCUT2D eigenvalue weighted by atomic mass is 19.1. The van der Waals surface area contributed by atoms with Gasteiger partial charge >= 0.3 is 0 Å². The Kier molecular flexibility index (Phi) is 2.28. The monoisotopic (exact) mass is 220 g/mol. The van der Waals surface area contributed by atoms with Crippen molar-refractivity contribution in [1.29, 1.82) is 0 Å². The quantitative estimate of drug-likeness (QED) is 0.712. The lowest BCUT2D eigenvalue weighted by molar-refractivity contribution is 0.0654. The SMILES string of the molecule is OC1CCc2c(F)cccc2C12CCCC2. The first-order valence-corrected chi connectivity index (χ1v) is 6.20. The van der Waals surface area contributed by atoms with E-state index in [0.29, 0.717) is 12.8 Å². The molecule has 0 amide bonds. The van der Waals surface area contributed by atoms with Gasteiger partial charge in [-0.15, -0.1) is 0 Å². The van der Waals surface area contributed by atoms with Gasteiger partial charge in [-0.2, -0.15) is 0 Å². The van der Waals surface area contributed by atoms with Crippen molar-refractivity contribution in [2.75, 3.05) is 0 Å². The highest BCUT2D eigenvalue weighted by Crippen LogP contribution is 2.49. The number of benzene rings is 1. The lowest BCUT2D eigenvalue weighted by atomic mass is 9.67. The highest BCUT2D eigenvalue weighted by Gasteiger charge is 2.45. The molecule has 16 heavy (non-hydrogen) atoms. The Bertz CT molecular complexity index is 407. The summed E-state index contributed by atoms with van der Waals surface area (Å²) in [7, 11) is 0. The van der Waals surface area contributed by atoms with Crippen molar-refractivity contribution in [3.05, 3.63) is 35.1 Å². The molecule has 1 saturated carbocycles. The van der Waals surface area contributed by atoms with Crippen LogP contribution in [0.4, 0.5) is 4.39 Å². The van der Waals surface area contributed by atoms with Crippen molar-refractivity contribution in [1.82, 2.24) is 0 Å². The second-order valence-corrected chi connectivity index (χ2v) is 5.18. The van der Waals surface area contributed by atoms with Gasteiger partial charge in [0.2, 0.25) is 0 Å². The van der Waals surface area contributed by atoms with E-state index >= 15 is 0 Å². The number of hydrogen-bond acceptors (Lipinski definition) is 1. The minimum atomic E-state index is -0.274. The molecule has 2 heteroatoms. The molecule has 2 aliphatic carbocycles. The lowest BCUT2D eigenvalue weighted by Gasteiger charge is -2.40. The Labute approximate surface area is 95.3 Å². The van der Waals surface area contributed by atoms with Gasteiger partial charge in [0.05, 0.1) is 6.10 Å². The fourth-order valence-electron chi connectivity index (χ4n) is 3.62. The van der Waals surface area contributed by atoms with E-state index < -0.39 is 0 Å². The Morgan fingerprint density at radius 1 is 1.25 bits per heavy atom. The van der Waals surface area contributed by atoms with Crippen LogP contribution in [-0.2, 0) is 11.8 Å². The minimum absolute atomic E-state index is 0.0873. The van der Waals surface area contributed by atoms with E-state index in [0.717, 1.165) is 36.8 Å². The number of hydrogen-bond donors (Lipinski definition) is 1. The first kappa shape index (κ1) is 10.3. The molecular weight excluding hydrogens is 203 g/mol. The maximum Gasteiger partial charge on any atom is 0.126 e. The zero-order chi connectivity index (χ0) is 11.2. The van der Waals surface area contributed by atoms with Gasteiger partial charge in [-0.05, 0) is 42.9 Å². The fraction of sp³-hybridized carbons (Fsp3) is 0.571. The Morgan fingerprint density at radius 3 is 2.75 bits per heavy atom. The summed E-state index contributed by atoms with van der Waals surface area (Å²) in [5, 5.41) is 10.3. The molecule has 2 aliphatic rings. The number of aliphatic hydroxyl groups excluding tert-OH is 1. The molecule has 1 unspecified atom stereocenters. The van der Waals surface area contributed by atoms with Crippen LogP contribution in [-0.4, -0.2) is 11.2 Å². The fourth-order valence-corrected chi connectivity index (χ4v) is 3.62. The normalized spacial score (nSPS) is 27.0. The summed E-state index contributed by atoms with van der Waals surface area (Å²) in [5.41, 5.74) is 1.81. The van der Waals surface area contributed by atoms with Gasteiger partial charge in [0.15, 0.2) is 0 Å². The summed E-state index contributed by atoms with van der Waals surface area (Å²) in [4.78, 5) is 0. The molecule has 1 fully saturated rings. The molecule has 0 aliphatic heterocycles. The van der Waals surface area contributed by atoms with E-state index in [4.69, 9.17) is 0 Å². The predicted molar refractivity (Wildman–Crippen MR) is 60.9 cm³/mol. The van der Waals surface area contributed by atoms with Crippen LogP contribution in [0.5, 0.6) is 0 Å². The van der Waals surface area contributed by atoms with Gasteiger partial charge in [-0.1, -0.05) is 25.0 Å². The lowest BCUT2D eigenvalue weighted by Crippen LogP contribution is -2.41. The van der Waals surface area contributed by atoms with Crippen molar-refractivity contribution >= 4 is 0 Å². The average Bonchev–Trinajstić information content (AvgIpc) is 2.75. The van der Waals surface area contributed by atoms with Crippen molar-refractivity contribution in [2.45, 2.75) is 50.0 Å². The van der Waals surface area contributed by atoms with Crippen LogP contribution in [0.3, 0.4) is 0 Å². The average molecular weight is 220 g/mol. The second kappa shape index (κ2) is 3.56. The van der Waals surface area contributed by atoms with Gasteiger partial charge in [0, 0.05) is 5.41 Å². The minimum Gasteiger partial charge on any atom is -0.392 e. The summed E-state index contributed by atoms with van der Waals surface area (Å²) in [5.74, 6) is -0.0873. The Morgan fingerprint density at radius 2 is 2.00 bits per heavy atom. The number of aliphatic hydroxyl groups is 1. The maximum absolute atomic E-state index is 13.8. The van der Waals surface area contributed by atoms with E-state index in [1.54, 1.807) is 12.1 Å². The van der Waals surface area contributed by atoms with Crippen LogP contribution in [0.1, 0.15) is 43.2 Å². The molecule has 0 heterocycles. The molecular formula is C14H17FO. The smallest absolute Gasteiger partial charge is 0.126 e. The molecule has 1 N–H and O–H groups in total. The molecule has 0 aromatic heterocycles. The van der Waals surface area contributed by atoms with Crippen molar-refractivity contribution in [2.24, 2.45) is 0 Å². The van der Waals surface area contributed by atoms with Crippen LogP contribution in [0.25, 0.3) is 0 Å². The molecule has 1 aromatic rings. The summed E-state index contributed by atoms with van der Waals surface area (Å²) in [6.45, 7) is 0. The molecule has 1 aromatic carbocycles. The van der Waals surface area contributed by atoms with Gasteiger partial charge < -0.3 is 5.11 Å². The van der Waals surface area contributed by atoms with Crippen LogP contribution in [0, 0.1) is 5.82 Å². The molecule has 86 valence electrons. The van der Waals surface area contributed by atoms with Gasteiger partial charge in [0.25, 0.3) is 0 Å². The van der Waals surface area contributed by atoms with Gasteiger partial charge in [0.1, 0.15) is 5.82 Å². The second-order valence-electron chi connectivity index (χ2n) is 5.18. The predicted octanol–water partition coefficient (Wildman–Crippen LogP) is 2.94. The van der Waals surface area contributed by atoms with Crippen LogP contribution in [0.15, 0.2) is 18.2 Å². The maximum atomic E-state index is 13.8. The molecule has 0 saturated heterocycles.